The predicted octanol–water partition coefficient (Wildman–Crippen LogP) is -0.564. The highest BCUT2D eigenvalue weighted by Crippen LogP contribution is 2.00. The Morgan fingerprint density at radius 2 is 1.93 bits per heavy atom. The summed E-state index contributed by atoms with van der Waals surface area (Å²) in [6.07, 6.45) is 2.19. The van der Waals surface area contributed by atoms with Gasteiger partial charge >= 0.3 is 11.9 Å². The molecule has 0 radical (unpaired) electrons. The van der Waals surface area contributed by atoms with Gasteiger partial charge in [0.05, 0.1) is 6.54 Å². The van der Waals surface area contributed by atoms with Gasteiger partial charge in [-0.05, 0) is 18.4 Å². The van der Waals surface area contributed by atoms with Crippen molar-refractivity contribution in [2.45, 2.75) is 12.5 Å². The van der Waals surface area contributed by atoms with E-state index in [1.165, 1.54) is 11.8 Å². The van der Waals surface area contributed by atoms with E-state index < -0.39 is 30.3 Å². The lowest BCUT2D eigenvalue weighted by Crippen LogP contribution is -2.41. The first kappa shape index (κ1) is 13.9. The van der Waals surface area contributed by atoms with Crippen LogP contribution in [0.5, 0.6) is 0 Å². The van der Waals surface area contributed by atoms with Crippen molar-refractivity contribution in [2.75, 3.05) is 18.6 Å². The van der Waals surface area contributed by atoms with Crippen molar-refractivity contribution in [3.05, 3.63) is 0 Å². The molecule has 0 rings (SSSR count). The van der Waals surface area contributed by atoms with Crippen molar-refractivity contribution in [1.82, 2.24) is 5.32 Å². The Balaban J connectivity index is 4.01. The number of thioether (sulfide) groups is 1. The second kappa shape index (κ2) is 7.24. The van der Waals surface area contributed by atoms with Gasteiger partial charge in [-0.3, -0.25) is 14.9 Å². The molecular weight excluding hydrogens is 222 g/mol. The summed E-state index contributed by atoms with van der Waals surface area (Å²) in [6.45, 7) is -0.458. The van der Waals surface area contributed by atoms with Gasteiger partial charge in [-0.15, -0.1) is 0 Å². The SMILES string of the molecule is CSCC[C@H](NCC(=O)C(=O)O)C(=O)O. The molecule has 0 saturated carbocycles. The summed E-state index contributed by atoms with van der Waals surface area (Å²) >= 11 is 1.48. The summed E-state index contributed by atoms with van der Waals surface area (Å²) in [5.41, 5.74) is 0. The number of nitrogens with one attached hydrogen (secondary N) is 1. The molecule has 0 fully saturated rings. The lowest BCUT2D eigenvalue weighted by atomic mass is 10.2. The van der Waals surface area contributed by atoms with Crippen molar-refractivity contribution in [1.29, 1.82) is 0 Å². The quantitative estimate of drug-likeness (QED) is 0.484. The number of carbonyl (C=O) groups excluding carboxylic acids is 1. The number of rotatable bonds is 8. The largest absolute Gasteiger partial charge is 0.480 e. The smallest absolute Gasteiger partial charge is 0.373 e. The van der Waals surface area contributed by atoms with Gasteiger partial charge in [0.2, 0.25) is 0 Å². The Morgan fingerprint density at radius 1 is 1.33 bits per heavy atom. The van der Waals surface area contributed by atoms with Gasteiger partial charge in [0.1, 0.15) is 6.04 Å². The van der Waals surface area contributed by atoms with E-state index in [-0.39, 0.29) is 0 Å². The Labute approximate surface area is 91.0 Å². The molecular formula is C8H13NO5S. The molecule has 86 valence electrons. The number of hydrogen-bond acceptors (Lipinski definition) is 5. The van der Waals surface area contributed by atoms with Crippen LogP contribution < -0.4 is 5.32 Å². The normalized spacial score (nSPS) is 12.1. The minimum atomic E-state index is -1.56. The number of carboxylic acid groups (broad SMARTS) is 2. The molecule has 0 aliphatic heterocycles. The summed E-state index contributed by atoms with van der Waals surface area (Å²) < 4.78 is 0. The third-order valence-corrected chi connectivity index (χ3v) is 2.30. The fourth-order valence-corrected chi connectivity index (χ4v) is 1.31. The van der Waals surface area contributed by atoms with Crippen LogP contribution in [0.25, 0.3) is 0 Å². The molecule has 0 unspecified atom stereocenters. The molecule has 0 spiro atoms. The van der Waals surface area contributed by atoms with E-state index in [0.29, 0.717) is 12.2 Å². The van der Waals surface area contributed by atoms with E-state index in [9.17, 15) is 14.4 Å². The molecule has 0 aliphatic rings. The molecule has 0 aromatic heterocycles. The zero-order chi connectivity index (χ0) is 11.8. The fourth-order valence-electron chi connectivity index (χ4n) is 0.840. The third kappa shape index (κ3) is 6.08. The molecule has 0 bridgehead atoms. The topological polar surface area (TPSA) is 104 Å². The van der Waals surface area contributed by atoms with Crippen molar-refractivity contribution in [3.63, 3.8) is 0 Å². The molecule has 0 aromatic rings. The maximum atomic E-state index is 10.7. The average molecular weight is 235 g/mol. The van der Waals surface area contributed by atoms with Gasteiger partial charge in [0.25, 0.3) is 5.78 Å². The molecule has 1 atom stereocenters. The number of carbonyl (C=O) groups is 3. The summed E-state index contributed by atoms with van der Waals surface area (Å²) in [5.74, 6) is -3.05. The van der Waals surface area contributed by atoms with Crippen LogP contribution in [-0.4, -0.2) is 52.5 Å². The number of Topliss-reactive ketones (excluding diaryl/α,β-unsaturated/α-hetero) is 1. The molecule has 0 heterocycles. The highest BCUT2D eigenvalue weighted by molar-refractivity contribution is 7.98. The van der Waals surface area contributed by atoms with Gasteiger partial charge < -0.3 is 10.2 Å². The van der Waals surface area contributed by atoms with E-state index in [1.54, 1.807) is 0 Å². The molecule has 3 N–H and O–H groups in total. The first-order chi connectivity index (χ1) is 6.99. The standard InChI is InChI=1S/C8H13NO5S/c1-15-3-2-5(7(11)12)9-4-6(10)8(13)14/h5,9H,2-4H2,1H3,(H,11,12)(H,13,14)/t5-/m0/s1. The van der Waals surface area contributed by atoms with E-state index in [0.717, 1.165) is 0 Å². The highest BCUT2D eigenvalue weighted by Gasteiger charge is 2.19. The van der Waals surface area contributed by atoms with Gasteiger partial charge in [-0.2, -0.15) is 11.8 Å². The number of hydrogen-bond donors (Lipinski definition) is 3. The Morgan fingerprint density at radius 3 is 2.33 bits per heavy atom. The van der Waals surface area contributed by atoms with Crippen molar-refractivity contribution in [3.8, 4) is 0 Å². The summed E-state index contributed by atoms with van der Waals surface area (Å²) in [4.78, 5) is 31.5. The molecule has 0 aromatic carbocycles. The van der Waals surface area contributed by atoms with Crippen LogP contribution in [0, 0.1) is 0 Å². The second-order valence-electron chi connectivity index (χ2n) is 2.78. The molecule has 6 nitrogen and oxygen atoms in total. The van der Waals surface area contributed by atoms with Crippen LogP contribution >= 0.6 is 11.8 Å². The predicted molar refractivity (Wildman–Crippen MR) is 55.1 cm³/mol. The van der Waals surface area contributed by atoms with E-state index in [1.807, 2.05) is 6.26 Å². The Hall–Kier alpha value is -1.08. The zero-order valence-electron chi connectivity index (χ0n) is 8.23. The van der Waals surface area contributed by atoms with Crippen molar-refractivity contribution >= 4 is 29.5 Å². The maximum Gasteiger partial charge on any atom is 0.373 e. The van der Waals surface area contributed by atoms with Gasteiger partial charge in [-0.25, -0.2) is 4.79 Å². The van der Waals surface area contributed by atoms with Crippen LogP contribution in [-0.2, 0) is 14.4 Å². The number of carboxylic acids is 2. The average Bonchev–Trinajstić information content (AvgIpc) is 2.16. The van der Waals surface area contributed by atoms with Crippen LogP contribution in [0.2, 0.25) is 0 Å². The number of aliphatic carboxylic acids is 2. The first-order valence-electron chi connectivity index (χ1n) is 4.20. The molecule has 0 saturated heterocycles. The number of ketones is 1. The second-order valence-corrected chi connectivity index (χ2v) is 3.77. The van der Waals surface area contributed by atoms with Gasteiger partial charge in [0.15, 0.2) is 0 Å². The molecule has 0 aliphatic carbocycles. The van der Waals surface area contributed by atoms with E-state index in [4.69, 9.17) is 10.2 Å². The van der Waals surface area contributed by atoms with Crippen LogP contribution in [0.1, 0.15) is 6.42 Å². The fraction of sp³-hybridized carbons (Fsp3) is 0.625. The minimum Gasteiger partial charge on any atom is -0.480 e. The first-order valence-corrected chi connectivity index (χ1v) is 5.59. The third-order valence-electron chi connectivity index (χ3n) is 1.66. The van der Waals surface area contributed by atoms with Gasteiger partial charge in [-0.1, -0.05) is 0 Å². The molecule has 7 heteroatoms. The minimum absolute atomic E-state index is 0.351. The highest BCUT2D eigenvalue weighted by atomic mass is 32.2. The lowest BCUT2D eigenvalue weighted by Gasteiger charge is -2.11. The Bertz CT molecular complexity index is 255. The van der Waals surface area contributed by atoms with Crippen LogP contribution in [0.4, 0.5) is 0 Å². The van der Waals surface area contributed by atoms with Crippen LogP contribution in [0.15, 0.2) is 0 Å². The summed E-state index contributed by atoms with van der Waals surface area (Å²) in [6, 6.07) is -0.874. The monoisotopic (exact) mass is 235 g/mol. The summed E-state index contributed by atoms with van der Waals surface area (Å²) in [5, 5.41) is 19.4. The maximum absolute atomic E-state index is 10.7. The molecule has 15 heavy (non-hydrogen) atoms. The van der Waals surface area contributed by atoms with Crippen molar-refractivity contribution in [2.24, 2.45) is 0 Å². The van der Waals surface area contributed by atoms with E-state index in [2.05, 4.69) is 5.32 Å². The van der Waals surface area contributed by atoms with E-state index >= 15 is 0 Å². The van der Waals surface area contributed by atoms with Crippen LogP contribution in [0.3, 0.4) is 0 Å². The lowest BCUT2D eigenvalue weighted by molar-refractivity contribution is -0.149. The van der Waals surface area contributed by atoms with Crippen molar-refractivity contribution < 1.29 is 24.6 Å². The molecule has 0 amide bonds. The Kier molecular flexibility index (Phi) is 6.72. The zero-order valence-corrected chi connectivity index (χ0v) is 9.04. The van der Waals surface area contributed by atoms with Gasteiger partial charge in [0, 0.05) is 0 Å². The summed E-state index contributed by atoms with van der Waals surface area (Å²) in [7, 11) is 0.